The van der Waals surface area contributed by atoms with Crippen LogP contribution in [0.25, 0.3) is 0 Å². The largest absolute Gasteiger partial charge is 0.492 e. The van der Waals surface area contributed by atoms with Crippen LogP contribution in [0.2, 0.25) is 0 Å². The first-order valence-corrected chi connectivity index (χ1v) is 6.03. The lowest BCUT2D eigenvalue weighted by atomic mass is 10.2. The van der Waals surface area contributed by atoms with Gasteiger partial charge in [0.15, 0.2) is 0 Å². The number of hydrogen-bond acceptors (Lipinski definition) is 4. The zero-order chi connectivity index (χ0) is 12.7. The summed E-state index contributed by atoms with van der Waals surface area (Å²) in [5, 5.41) is 0. The van der Waals surface area contributed by atoms with Crippen molar-refractivity contribution in [2.45, 2.75) is 6.42 Å². The van der Waals surface area contributed by atoms with Gasteiger partial charge in [-0.2, -0.15) is 0 Å². The van der Waals surface area contributed by atoms with Crippen molar-refractivity contribution in [3.63, 3.8) is 0 Å². The second-order valence-electron chi connectivity index (χ2n) is 4.60. The van der Waals surface area contributed by atoms with Crippen molar-refractivity contribution in [3.8, 4) is 5.75 Å². The number of nitrogens with zero attached hydrogens (tertiary/aromatic N) is 1. The van der Waals surface area contributed by atoms with Crippen molar-refractivity contribution in [1.29, 1.82) is 0 Å². The molecule has 1 saturated heterocycles. The Morgan fingerprint density at radius 3 is 2.67 bits per heavy atom. The number of carbonyl (C=O) groups excluding carboxylic acids is 2. The molecule has 5 nitrogen and oxygen atoms in total. The molecule has 0 spiro atoms. The van der Waals surface area contributed by atoms with Gasteiger partial charge < -0.3 is 10.5 Å². The molecule has 2 N–H and O–H groups in total. The average molecular weight is 246 g/mol. The third-order valence-corrected chi connectivity index (χ3v) is 3.33. The summed E-state index contributed by atoms with van der Waals surface area (Å²) in [6, 6.07) is 7.00. The van der Waals surface area contributed by atoms with E-state index >= 15 is 0 Å². The number of imide groups is 1. The highest BCUT2D eigenvalue weighted by Crippen LogP contribution is 2.48. The van der Waals surface area contributed by atoms with E-state index < -0.39 is 0 Å². The zero-order valence-corrected chi connectivity index (χ0v) is 9.83. The Hall–Kier alpha value is -1.88. The molecule has 3 rings (SSSR count). The Morgan fingerprint density at radius 2 is 2.00 bits per heavy atom. The van der Waals surface area contributed by atoms with E-state index in [4.69, 9.17) is 10.5 Å². The van der Waals surface area contributed by atoms with E-state index in [9.17, 15) is 9.59 Å². The number of benzene rings is 1. The van der Waals surface area contributed by atoms with Gasteiger partial charge in [-0.25, -0.2) is 4.90 Å². The highest BCUT2D eigenvalue weighted by Gasteiger charge is 2.59. The topological polar surface area (TPSA) is 72.6 Å². The smallest absolute Gasteiger partial charge is 0.237 e. The van der Waals surface area contributed by atoms with Crippen LogP contribution in [0, 0.1) is 11.8 Å². The Kier molecular flexibility index (Phi) is 2.56. The van der Waals surface area contributed by atoms with Crippen molar-refractivity contribution in [3.05, 3.63) is 24.3 Å². The number of amides is 2. The van der Waals surface area contributed by atoms with Gasteiger partial charge >= 0.3 is 0 Å². The average Bonchev–Trinajstić information content (AvgIpc) is 3.12. The van der Waals surface area contributed by atoms with Crippen molar-refractivity contribution in [2.24, 2.45) is 17.6 Å². The molecule has 5 heteroatoms. The molecule has 94 valence electrons. The first kappa shape index (κ1) is 11.2. The Bertz CT molecular complexity index is 495. The normalized spacial score (nSPS) is 25.3. The van der Waals surface area contributed by atoms with Crippen molar-refractivity contribution in [1.82, 2.24) is 0 Å². The Morgan fingerprint density at radius 1 is 1.28 bits per heavy atom. The highest BCUT2D eigenvalue weighted by molar-refractivity contribution is 6.24. The number of piperidine rings is 1. The van der Waals surface area contributed by atoms with Gasteiger partial charge in [0.1, 0.15) is 12.4 Å². The molecule has 1 aliphatic heterocycles. The third-order valence-electron chi connectivity index (χ3n) is 3.33. The van der Waals surface area contributed by atoms with E-state index in [1.807, 2.05) is 0 Å². The van der Waals surface area contributed by atoms with Crippen LogP contribution in [0.15, 0.2) is 24.3 Å². The van der Waals surface area contributed by atoms with Gasteiger partial charge in [-0.1, -0.05) is 6.07 Å². The fourth-order valence-electron chi connectivity index (χ4n) is 2.32. The van der Waals surface area contributed by atoms with E-state index in [2.05, 4.69) is 0 Å². The number of fused-ring (bicyclic) bond motifs is 1. The predicted octanol–water partition coefficient (Wildman–Crippen LogP) is 0.533. The first-order valence-electron chi connectivity index (χ1n) is 6.03. The van der Waals surface area contributed by atoms with Gasteiger partial charge in [-0.3, -0.25) is 9.59 Å². The lowest BCUT2D eigenvalue weighted by Gasteiger charge is -2.17. The van der Waals surface area contributed by atoms with Crippen LogP contribution >= 0.6 is 0 Å². The summed E-state index contributed by atoms with van der Waals surface area (Å²) in [5.41, 5.74) is 5.95. The molecule has 0 radical (unpaired) electrons. The van der Waals surface area contributed by atoms with Gasteiger partial charge in [0.2, 0.25) is 11.8 Å². The predicted molar refractivity (Wildman–Crippen MR) is 65.1 cm³/mol. The van der Waals surface area contributed by atoms with Gasteiger partial charge in [0.05, 0.1) is 17.5 Å². The molecule has 0 aromatic heterocycles. The Balaban J connectivity index is 1.84. The molecule has 2 amide bonds. The minimum atomic E-state index is -0.0824. The van der Waals surface area contributed by atoms with Gasteiger partial charge in [0.25, 0.3) is 0 Å². The molecule has 2 unspecified atom stereocenters. The summed E-state index contributed by atoms with van der Waals surface area (Å²) in [7, 11) is 0. The lowest BCUT2D eigenvalue weighted by Crippen LogP contribution is -2.32. The monoisotopic (exact) mass is 246 g/mol. The summed E-state index contributed by atoms with van der Waals surface area (Å²) in [6.07, 6.45) is 0.720. The lowest BCUT2D eigenvalue weighted by molar-refractivity contribution is -0.123. The molecule has 1 aliphatic carbocycles. The summed E-state index contributed by atoms with van der Waals surface area (Å²) in [4.78, 5) is 25.1. The maximum Gasteiger partial charge on any atom is 0.237 e. The summed E-state index contributed by atoms with van der Waals surface area (Å²) < 4.78 is 5.39. The molecule has 1 heterocycles. The van der Waals surface area contributed by atoms with Crippen molar-refractivity contribution >= 4 is 17.5 Å². The highest BCUT2D eigenvalue weighted by atomic mass is 16.5. The Labute approximate surface area is 105 Å². The molecule has 2 aliphatic rings. The van der Waals surface area contributed by atoms with E-state index in [0.29, 0.717) is 24.6 Å². The fourth-order valence-corrected chi connectivity index (χ4v) is 2.32. The van der Waals surface area contributed by atoms with E-state index in [1.165, 1.54) is 4.90 Å². The number of ether oxygens (including phenoxy) is 1. The molecule has 0 bridgehead atoms. The summed E-state index contributed by atoms with van der Waals surface area (Å²) in [5.74, 6) is 0.304. The fraction of sp³-hybridized carbons (Fsp3) is 0.385. The van der Waals surface area contributed by atoms with Gasteiger partial charge in [-0.05, 0) is 18.6 Å². The number of hydrogen-bond donors (Lipinski definition) is 1. The van der Waals surface area contributed by atoms with Crippen LogP contribution in [-0.4, -0.2) is 25.0 Å². The van der Waals surface area contributed by atoms with Crippen molar-refractivity contribution < 1.29 is 14.3 Å². The van der Waals surface area contributed by atoms with E-state index in [0.717, 1.165) is 6.42 Å². The maximum absolute atomic E-state index is 11.9. The van der Waals surface area contributed by atoms with Crippen LogP contribution < -0.4 is 15.4 Å². The molecular formula is C13H14N2O3. The van der Waals surface area contributed by atoms with Gasteiger partial charge in [0, 0.05) is 12.6 Å². The summed E-state index contributed by atoms with van der Waals surface area (Å²) in [6.45, 7) is 0.840. The third kappa shape index (κ3) is 1.67. The van der Waals surface area contributed by atoms with E-state index in [-0.39, 0.29) is 23.7 Å². The molecule has 1 aromatic rings. The minimum Gasteiger partial charge on any atom is -0.492 e. The second kappa shape index (κ2) is 4.10. The molecule has 1 aromatic carbocycles. The quantitative estimate of drug-likeness (QED) is 0.787. The minimum absolute atomic E-state index is 0.0777. The number of anilines is 1. The van der Waals surface area contributed by atoms with Crippen molar-refractivity contribution in [2.75, 3.05) is 18.1 Å². The number of nitrogens with two attached hydrogens (primary N) is 1. The zero-order valence-electron chi connectivity index (χ0n) is 9.83. The van der Waals surface area contributed by atoms with Crippen LogP contribution in [0.5, 0.6) is 5.75 Å². The first-order chi connectivity index (χ1) is 8.72. The maximum atomic E-state index is 11.9. The van der Waals surface area contributed by atoms with Crippen LogP contribution in [0.3, 0.4) is 0 Å². The SMILES string of the molecule is NCCOc1cccc(N2C(=O)C3CC3C2=O)c1. The van der Waals surface area contributed by atoms with Crippen LogP contribution in [0.4, 0.5) is 5.69 Å². The van der Waals surface area contributed by atoms with Gasteiger partial charge in [-0.15, -0.1) is 0 Å². The van der Waals surface area contributed by atoms with Crippen LogP contribution in [0.1, 0.15) is 6.42 Å². The van der Waals surface area contributed by atoms with Crippen LogP contribution in [-0.2, 0) is 9.59 Å². The molecular weight excluding hydrogens is 232 g/mol. The van der Waals surface area contributed by atoms with E-state index in [1.54, 1.807) is 24.3 Å². The number of carbonyl (C=O) groups is 2. The standard InChI is InChI=1S/C13H14N2O3/c14-4-5-18-9-3-1-2-8(6-9)15-12(16)10-7-11(10)13(15)17/h1-3,6,10-11H,4-5,7,14H2. The number of rotatable bonds is 4. The second-order valence-corrected chi connectivity index (χ2v) is 4.60. The molecule has 2 fully saturated rings. The molecule has 18 heavy (non-hydrogen) atoms. The molecule has 1 saturated carbocycles. The molecule has 2 atom stereocenters. The summed E-state index contributed by atoms with van der Waals surface area (Å²) >= 11 is 0.